The van der Waals surface area contributed by atoms with Gasteiger partial charge >= 0.3 is 5.97 Å². The Kier molecular flexibility index (Phi) is 2.64. The number of halogens is 2. The van der Waals surface area contributed by atoms with Crippen molar-refractivity contribution in [3.05, 3.63) is 33.2 Å². The molecule has 0 atom stereocenters. The highest BCUT2D eigenvalue weighted by molar-refractivity contribution is 5.86. The molecule has 0 amide bonds. The van der Waals surface area contributed by atoms with Gasteiger partial charge in [0.2, 0.25) is 0 Å². The third kappa shape index (κ3) is 1.78. The fraction of sp³-hybridized carbons (Fsp3) is 0.250. The second-order valence-corrected chi connectivity index (χ2v) is 2.72. The van der Waals surface area contributed by atoms with Gasteiger partial charge in [-0.2, -0.15) is 0 Å². The lowest BCUT2D eigenvalue weighted by Crippen LogP contribution is -2.18. The van der Waals surface area contributed by atoms with Crippen molar-refractivity contribution >= 4 is 5.97 Å². The van der Waals surface area contributed by atoms with Crippen LogP contribution in [-0.2, 0) is 0 Å². The molecule has 0 aliphatic carbocycles. The van der Waals surface area contributed by atoms with Gasteiger partial charge in [-0.3, -0.25) is 4.79 Å². The van der Waals surface area contributed by atoms with Crippen LogP contribution in [0.1, 0.15) is 28.0 Å². The minimum Gasteiger partial charge on any atom is -0.477 e. The summed E-state index contributed by atoms with van der Waals surface area (Å²) in [5, 5.41) is 8.56. The number of aromatic nitrogens is 1. The molecule has 2 N–H and O–H groups in total. The monoisotopic (exact) mass is 203 g/mol. The van der Waals surface area contributed by atoms with Crippen molar-refractivity contribution in [3.8, 4) is 0 Å². The molecule has 1 heterocycles. The van der Waals surface area contributed by atoms with E-state index in [0.717, 1.165) is 6.07 Å². The Morgan fingerprint density at radius 1 is 1.57 bits per heavy atom. The highest BCUT2D eigenvalue weighted by atomic mass is 19.3. The summed E-state index contributed by atoms with van der Waals surface area (Å²) in [5.41, 5.74) is -2.04. The summed E-state index contributed by atoms with van der Waals surface area (Å²) in [6.45, 7) is 1.34. The second kappa shape index (κ2) is 3.57. The molecule has 76 valence electrons. The number of hydrogen-bond acceptors (Lipinski definition) is 2. The average Bonchev–Trinajstić information content (AvgIpc) is 2.07. The number of aryl methyl sites for hydroxylation is 1. The highest BCUT2D eigenvalue weighted by Crippen LogP contribution is 2.16. The van der Waals surface area contributed by atoms with Crippen molar-refractivity contribution in [2.24, 2.45) is 0 Å². The lowest BCUT2D eigenvalue weighted by Gasteiger charge is -2.03. The van der Waals surface area contributed by atoms with E-state index in [1.807, 2.05) is 4.98 Å². The summed E-state index contributed by atoms with van der Waals surface area (Å²) in [6, 6.07) is 0.882. The van der Waals surface area contributed by atoms with Crippen molar-refractivity contribution in [2.75, 3.05) is 0 Å². The van der Waals surface area contributed by atoms with Gasteiger partial charge in [0.15, 0.2) is 0 Å². The van der Waals surface area contributed by atoms with Gasteiger partial charge in [-0.25, -0.2) is 13.6 Å². The third-order valence-corrected chi connectivity index (χ3v) is 1.72. The number of pyridine rings is 1. The fourth-order valence-electron chi connectivity index (χ4n) is 1.04. The first-order valence-electron chi connectivity index (χ1n) is 3.68. The summed E-state index contributed by atoms with van der Waals surface area (Å²) in [4.78, 5) is 23.3. The summed E-state index contributed by atoms with van der Waals surface area (Å²) in [5.74, 6) is -1.35. The Bertz CT molecular complexity index is 425. The summed E-state index contributed by atoms with van der Waals surface area (Å²) < 4.78 is 24.3. The number of aromatic carboxylic acids is 1. The molecule has 14 heavy (non-hydrogen) atoms. The molecule has 0 saturated heterocycles. The molecule has 1 rings (SSSR count). The Morgan fingerprint density at radius 3 is 2.57 bits per heavy atom. The Balaban J connectivity index is 3.39. The first kappa shape index (κ1) is 10.4. The van der Waals surface area contributed by atoms with Gasteiger partial charge in [-0.1, -0.05) is 0 Å². The molecular weight excluding hydrogens is 196 g/mol. The van der Waals surface area contributed by atoms with E-state index in [1.54, 1.807) is 0 Å². The predicted molar refractivity (Wildman–Crippen MR) is 43.7 cm³/mol. The van der Waals surface area contributed by atoms with E-state index in [1.165, 1.54) is 6.92 Å². The maximum Gasteiger partial charge on any atom is 0.352 e. The molecule has 0 aliphatic rings. The highest BCUT2D eigenvalue weighted by Gasteiger charge is 2.16. The van der Waals surface area contributed by atoms with E-state index in [0.29, 0.717) is 0 Å². The molecule has 0 aliphatic heterocycles. The first-order valence-corrected chi connectivity index (χ1v) is 3.68. The minimum atomic E-state index is -2.90. The van der Waals surface area contributed by atoms with E-state index >= 15 is 0 Å². The number of nitrogens with one attached hydrogen (secondary N) is 1. The summed E-state index contributed by atoms with van der Waals surface area (Å²) in [6.07, 6.45) is -2.90. The number of H-pyrrole nitrogens is 1. The molecule has 1 aromatic rings. The quantitative estimate of drug-likeness (QED) is 0.761. The number of alkyl halides is 2. The van der Waals surface area contributed by atoms with Crippen LogP contribution in [0.5, 0.6) is 0 Å². The van der Waals surface area contributed by atoms with Gasteiger partial charge < -0.3 is 10.1 Å². The van der Waals surface area contributed by atoms with Crippen molar-refractivity contribution in [3.63, 3.8) is 0 Å². The van der Waals surface area contributed by atoms with E-state index < -0.39 is 23.5 Å². The minimum absolute atomic E-state index is 0.104. The number of rotatable bonds is 2. The molecule has 0 bridgehead atoms. The standard InChI is InChI=1S/C8H7F2NO3/c1-3-2-4(6(9)10)7(12)11-5(3)8(13)14/h2,6H,1H3,(H,11,12)(H,13,14). The second-order valence-electron chi connectivity index (χ2n) is 2.72. The van der Waals surface area contributed by atoms with Crippen molar-refractivity contribution in [1.29, 1.82) is 0 Å². The van der Waals surface area contributed by atoms with Crippen LogP contribution in [0.4, 0.5) is 8.78 Å². The molecule has 0 spiro atoms. The van der Waals surface area contributed by atoms with Crippen LogP contribution in [0.15, 0.2) is 10.9 Å². The normalized spacial score (nSPS) is 10.6. The fourth-order valence-corrected chi connectivity index (χ4v) is 1.04. The third-order valence-electron chi connectivity index (χ3n) is 1.72. The van der Waals surface area contributed by atoms with Crippen LogP contribution in [0.25, 0.3) is 0 Å². The predicted octanol–water partition coefficient (Wildman–Crippen LogP) is 1.32. The van der Waals surface area contributed by atoms with Gasteiger partial charge in [0.1, 0.15) is 5.69 Å². The van der Waals surface area contributed by atoms with Crippen molar-refractivity contribution in [2.45, 2.75) is 13.3 Å². The van der Waals surface area contributed by atoms with Crippen LogP contribution in [-0.4, -0.2) is 16.1 Å². The molecular formula is C8H7F2NO3. The van der Waals surface area contributed by atoms with Crippen molar-refractivity contribution < 1.29 is 18.7 Å². The number of aromatic amines is 1. The number of carboxylic acid groups (broad SMARTS) is 1. The van der Waals surface area contributed by atoms with Crippen LogP contribution < -0.4 is 5.56 Å². The molecule has 0 fully saturated rings. The smallest absolute Gasteiger partial charge is 0.352 e. The van der Waals surface area contributed by atoms with Crippen LogP contribution >= 0.6 is 0 Å². The van der Waals surface area contributed by atoms with Crippen LogP contribution in [0.3, 0.4) is 0 Å². The van der Waals surface area contributed by atoms with Crippen LogP contribution in [0.2, 0.25) is 0 Å². The maximum atomic E-state index is 12.2. The Morgan fingerprint density at radius 2 is 2.14 bits per heavy atom. The lowest BCUT2D eigenvalue weighted by atomic mass is 10.1. The van der Waals surface area contributed by atoms with E-state index in [2.05, 4.69) is 0 Å². The number of carboxylic acids is 1. The molecule has 0 aromatic carbocycles. The molecule has 0 radical (unpaired) electrons. The SMILES string of the molecule is Cc1cc(C(F)F)c(=O)[nH]c1C(=O)O. The lowest BCUT2D eigenvalue weighted by molar-refractivity contribution is 0.0688. The van der Waals surface area contributed by atoms with E-state index in [4.69, 9.17) is 5.11 Å². The van der Waals surface area contributed by atoms with Gasteiger partial charge in [0.05, 0.1) is 5.56 Å². The van der Waals surface area contributed by atoms with Gasteiger partial charge in [-0.05, 0) is 18.6 Å². The van der Waals surface area contributed by atoms with Crippen LogP contribution in [0, 0.1) is 6.92 Å². The number of carbonyl (C=O) groups is 1. The maximum absolute atomic E-state index is 12.2. The number of hydrogen-bond donors (Lipinski definition) is 2. The van der Waals surface area contributed by atoms with Gasteiger partial charge in [0, 0.05) is 0 Å². The first-order chi connectivity index (χ1) is 6.43. The molecule has 1 aromatic heterocycles. The van der Waals surface area contributed by atoms with E-state index in [-0.39, 0.29) is 11.3 Å². The molecule has 0 unspecified atom stereocenters. The average molecular weight is 203 g/mol. The topological polar surface area (TPSA) is 70.2 Å². The Labute approximate surface area is 77.2 Å². The zero-order valence-electron chi connectivity index (χ0n) is 7.17. The van der Waals surface area contributed by atoms with Crippen molar-refractivity contribution in [1.82, 2.24) is 4.98 Å². The zero-order chi connectivity index (χ0) is 10.9. The molecule has 6 heteroatoms. The summed E-state index contributed by atoms with van der Waals surface area (Å²) in [7, 11) is 0. The van der Waals surface area contributed by atoms with Gasteiger partial charge in [0.25, 0.3) is 12.0 Å². The van der Waals surface area contributed by atoms with E-state index in [9.17, 15) is 18.4 Å². The largest absolute Gasteiger partial charge is 0.477 e. The Hall–Kier alpha value is -1.72. The molecule has 0 saturated carbocycles. The molecule has 4 nitrogen and oxygen atoms in total. The zero-order valence-corrected chi connectivity index (χ0v) is 7.17. The summed E-state index contributed by atoms with van der Waals surface area (Å²) >= 11 is 0. The van der Waals surface area contributed by atoms with Gasteiger partial charge in [-0.15, -0.1) is 0 Å².